The molecule has 0 saturated heterocycles. The van der Waals surface area contributed by atoms with Crippen LogP contribution in [0.2, 0.25) is 0 Å². The zero-order chi connectivity index (χ0) is 15.5. The van der Waals surface area contributed by atoms with Gasteiger partial charge in [-0.1, -0.05) is 18.2 Å². The van der Waals surface area contributed by atoms with E-state index in [0.717, 1.165) is 5.56 Å². The first-order chi connectivity index (χ1) is 10.7. The Balaban J connectivity index is 1.96. The van der Waals surface area contributed by atoms with Gasteiger partial charge in [0.1, 0.15) is 11.6 Å². The van der Waals surface area contributed by atoms with Gasteiger partial charge in [-0.25, -0.2) is 14.2 Å². The number of rotatable bonds is 3. The highest BCUT2D eigenvalue weighted by atomic mass is 19.1. The largest absolute Gasteiger partial charge is 0.496 e. The van der Waals surface area contributed by atoms with Gasteiger partial charge in [-0.3, -0.25) is 0 Å². The second kappa shape index (κ2) is 5.81. The minimum Gasteiger partial charge on any atom is -0.496 e. The van der Waals surface area contributed by atoms with E-state index in [1.807, 2.05) is 18.2 Å². The number of benzene rings is 2. The van der Waals surface area contributed by atoms with Gasteiger partial charge in [-0.2, -0.15) is 0 Å². The van der Waals surface area contributed by atoms with Crippen LogP contribution in [0.4, 0.5) is 4.39 Å². The number of methoxy groups -OCH3 is 1. The molecule has 0 spiro atoms. The predicted molar refractivity (Wildman–Crippen MR) is 80.0 cm³/mol. The number of aliphatic imine (C=N–C) groups is 1. The maximum absolute atomic E-state index is 12.9. The fourth-order valence-corrected chi connectivity index (χ4v) is 2.06. The van der Waals surface area contributed by atoms with Crippen molar-refractivity contribution in [2.24, 2.45) is 4.99 Å². The number of hydrogen-bond donors (Lipinski definition) is 0. The Kier molecular flexibility index (Phi) is 3.70. The number of carbonyl (C=O) groups excluding carboxylic acids is 1. The average Bonchev–Trinajstić information content (AvgIpc) is 2.89. The quantitative estimate of drug-likeness (QED) is 0.646. The second-order valence-corrected chi connectivity index (χ2v) is 4.58. The fourth-order valence-electron chi connectivity index (χ4n) is 2.06. The minimum absolute atomic E-state index is 0.158. The number of hydrogen-bond acceptors (Lipinski definition) is 4. The molecule has 0 saturated carbocycles. The Bertz CT molecular complexity index is 779. The molecule has 2 aromatic carbocycles. The summed E-state index contributed by atoms with van der Waals surface area (Å²) in [5.74, 6) is -0.122. The molecule has 0 N–H and O–H groups in total. The molecule has 0 radical (unpaired) electrons. The van der Waals surface area contributed by atoms with E-state index >= 15 is 0 Å². The van der Waals surface area contributed by atoms with E-state index in [1.165, 1.54) is 24.3 Å². The molecule has 0 aromatic heterocycles. The molecule has 22 heavy (non-hydrogen) atoms. The van der Waals surface area contributed by atoms with Crippen LogP contribution in [0.15, 0.2) is 59.2 Å². The van der Waals surface area contributed by atoms with Crippen LogP contribution in [-0.2, 0) is 9.53 Å². The normalized spacial score (nSPS) is 15.6. The topological polar surface area (TPSA) is 47.9 Å². The summed E-state index contributed by atoms with van der Waals surface area (Å²) in [4.78, 5) is 16.1. The maximum atomic E-state index is 12.9. The monoisotopic (exact) mass is 297 g/mol. The van der Waals surface area contributed by atoms with E-state index in [0.29, 0.717) is 11.3 Å². The molecule has 4 nitrogen and oxygen atoms in total. The number of nitrogens with zero attached hydrogens (tertiary/aromatic N) is 1. The van der Waals surface area contributed by atoms with Crippen LogP contribution in [0.1, 0.15) is 11.1 Å². The Morgan fingerprint density at radius 2 is 1.86 bits per heavy atom. The summed E-state index contributed by atoms with van der Waals surface area (Å²) in [5, 5.41) is 0. The third kappa shape index (κ3) is 2.74. The highest BCUT2D eigenvalue weighted by molar-refractivity contribution is 6.12. The lowest BCUT2D eigenvalue weighted by Gasteiger charge is -2.03. The van der Waals surface area contributed by atoms with Gasteiger partial charge >= 0.3 is 5.97 Å². The standard InChI is InChI=1S/C17H12FNO3/c1-21-15-5-3-2-4-12(15)10-14-17(20)22-16(19-14)11-6-8-13(18)9-7-11/h2-10H,1H3. The van der Waals surface area contributed by atoms with E-state index in [-0.39, 0.29) is 17.4 Å². The lowest BCUT2D eigenvalue weighted by molar-refractivity contribution is -0.129. The molecule has 1 aliphatic rings. The molecule has 0 unspecified atom stereocenters. The second-order valence-electron chi connectivity index (χ2n) is 4.58. The van der Waals surface area contributed by atoms with Crippen molar-refractivity contribution >= 4 is 17.9 Å². The molecule has 1 aliphatic heterocycles. The number of para-hydroxylation sites is 1. The van der Waals surface area contributed by atoms with E-state index in [2.05, 4.69) is 4.99 Å². The third-order valence-electron chi connectivity index (χ3n) is 3.14. The van der Waals surface area contributed by atoms with Gasteiger partial charge in [0.2, 0.25) is 5.90 Å². The van der Waals surface area contributed by atoms with Gasteiger partial charge in [0.25, 0.3) is 0 Å². The van der Waals surface area contributed by atoms with Gasteiger partial charge in [0, 0.05) is 11.1 Å². The molecule has 0 bridgehead atoms. The summed E-state index contributed by atoms with van der Waals surface area (Å²) in [6.07, 6.45) is 1.59. The Morgan fingerprint density at radius 1 is 1.14 bits per heavy atom. The molecular formula is C17H12FNO3. The van der Waals surface area contributed by atoms with Crippen molar-refractivity contribution < 1.29 is 18.7 Å². The van der Waals surface area contributed by atoms with Gasteiger partial charge < -0.3 is 9.47 Å². The first-order valence-electron chi connectivity index (χ1n) is 6.59. The van der Waals surface area contributed by atoms with E-state index in [1.54, 1.807) is 19.3 Å². The smallest absolute Gasteiger partial charge is 0.363 e. The molecule has 0 aliphatic carbocycles. The van der Waals surface area contributed by atoms with E-state index in [9.17, 15) is 9.18 Å². The van der Waals surface area contributed by atoms with Crippen LogP contribution >= 0.6 is 0 Å². The first-order valence-corrected chi connectivity index (χ1v) is 6.59. The van der Waals surface area contributed by atoms with Crippen LogP contribution in [0.3, 0.4) is 0 Å². The van der Waals surface area contributed by atoms with Gasteiger partial charge in [-0.05, 0) is 36.4 Å². The SMILES string of the molecule is COc1ccccc1C=C1N=C(c2ccc(F)cc2)OC1=O. The van der Waals surface area contributed by atoms with Crippen molar-refractivity contribution in [3.63, 3.8) is 0 Å². The lowest BCUT2D eigenvalue weighted by Crippen LogP contribution is -2.05. The summed E-state index contributed by atoms with van der Waals surface area (Å²) in [7, 11) is 1.55. The number of halogens is 1. The van der Waals surface area contributed by atoms with E-state index in [4.69, 9.17) is 9.47 Å². The summed E-state index contributed by atoms with van der Waals surface area (Å²) < 4.78 is 23.3. The molecule has 0 atom stereocenters. The minimum atomic E-state index is -0.551. The van der Waals surface area contributed by atoms with Crippen LogP contribution in [0.5, 0.6) is 5.75 Å². The highest BCUT2D eigenvalue weighted by Gasteiger charge is 2.24. The Hall–Kier alpha value is -2.95. The van der Waals surface area contributed by atoms with Crippen molar-refractivity contribution in [3.8, 4) is 5.75 Å². The summed E-state index contributed by atoms with van der Waals surface area (Å²) in [5.41, 5.74) is 1.43. The number of carbonyl (C=O) groups is 1. The van der Waals surface area contributed by atoms with Crippen LogP contribution in [0.25, 0.3) is 6.08 Å². The van der Waals surface area contributed by atoms with Crippen molar-refractivity contribution in [3.05, 3.63) is 71.2 Å². The Morgan fingerprint density at radius 3 is 2.59 bits per heavy atom. The predicted octanol–water partition coefficient (Wildman–Crippen LogP) is 3.18. The van der Waals surface area contributed by atoms with Crippen molar-refractivity contribution in [1.82, 2.24) is 0 Å². The molecule has 3 rings (SSSR count). The van der Waals surface area contributed by atoms with Gasteiger partial charge in [0.05, 0.1) is 7.11 Å². The summed E-state index contributed by atoms with van der Waals surface area (Å²) in [6.45, 7) is 0. The molecule has 2 aromatic rings. The summed E-state index contributed by atoms with van der Waals surface area (Å²) in [6, 6.07) is 12.9. The number of cyclic esters (lactones) is 1. The van der Waals surface area contributed by atoms with Gasteiger partial charge in [-0.15, -0.1) is 0 Å². The van der Waals surface area contributed by atoms with Crippen molar-refractivity contribution in [1.29, 1.82) is 0 Å². The van der Waals surface area contributed by atoms with Crippen molar-refractivity contribution in [2.45, 2.75) is 0 Å². The third-order valence-corrected chi connectivity index (χ3v) is 3.14. The van der Waals surface area contributed by atoms with Crippen molar-refractivity contribution in [2.75, 3.05) is 7.11 Å². The number of ether oxygens (including phenoxy) is 2. The molecule has 0 amide bonds. The molecular weight excluding hydrogens is 285 g/mol. The lowest BCUT2D eigenvalue weighted by atomic mass is 10.1. The summed E-state index contributed by atoms with van der Waals surface area (Å²) >= 11 is 0. The highest BCUT2D eigenvalue weighted by Crippen LogP contribution is 2.24. The van der Waals surface area contributed by atoms with E-state index < -0.39 is 5.97 Å². The van der Waals surface area contributed by atoms with Crippen LogP contribution in [-0.4, -0.2) is 19.0 Å². The molecule has 5 heteroatoms. The zero-order valence-corrected chi connectivity index (χ0v) is 11.7. The van der Waals surface area contributed by atoms with Crippen LogP contribution in [0, 0.1) is 5.82 Å². The molecule has 1 heterocycles. The van der Waals surface area contributed by atoms with Gasteiger partial charge in [0.15, 0.2) is 5.70 Å². The van der Waals surface area contributed by atoms with Crippen LogP contribution < -0.4 is 4.74 Å². The zero-order valence-electron chi connectivity index (χ0n) is 11.7. The first kappa shape index (κ1) is 14.0. The molecule has 110 valence electrons. The number of esters is 1. The average molecular weight is 297 g/mol. The molecule has 0 fully saturated rings. The fraction of sp³-hybridized carbons (Fsp3) is 0.0588. The maximum Gasteiger partial charge on any atom is 0.363 e. The Labute approximate surface area is 126 Å².